The fourth-order valence-electron chi connectivity index (χ4n) is 3.35. The van der Waals surface area contributed by atoms with Crippen molar-refractivity contribution in [2.75, 3.05) is 27.0 Å². The number of amides is 1. The van der Waals surface area contributed by atoms with E-state index in [4.69, 9.17) is 4.74 Å². The summed E-state index contributed by atoms with van der Waals surface area (Å²) in [6.07, 6.45) is 2.07. The first kappa shape index (κ1) is 21.9. The van der Waals surface area contributed by atoms with Crippen molar-refractivity contribution in [2.24, 2.45) is 0 Å². The SMILES string of the molecule is COc1ccc([C@H](NC(=O)CN(C)Cc2ccc(SC)cc2)c2ccccc2)cc1. The minimum absolute atomic E-state index is 0.0112. The van der Waals surface area contributed by atoms with Gasteiger partial charge in [0.25, 0.3) is 0 Å². The zero-order chi connectivity index (χ0) is 21.3. The Hall–Kier alpha value is -2.76. The van der Waals surface area contributed by atoms with Crippen LogP contribution in [0.15, 0.2) is 83.8 Å². The van der Waals surface area contributed by atoms with E-state index in [1.807, 2.05) is 66.5 Å². The Bertz CT molecular complexity index is 928. The summed E-state index contributed by atoms with van der Waals surface area (Å²) in [7, 11) is 3.61. The molecule has 1 amide bonds. The van der Waals surface area contributed by atoms with E-state index in [0.717, 1.165) is 23.4 Å². The molecule has 0 saturated carbocycles. The number of thioether (sulfide) groups is 1. The van der Waals surface area contributed by atoms with Crippen LogP contribution in [-0.4, -0.2) is 37.8 Å². The Kier molecular flexibility index (Phi) is 7.94. The molecule has 0 aliphatic carbocycles. The minimum Gasteiger partial charge on any atom is -0.497 e. The molecule has 0 fully saturated rings. The van der Waals surface area contributed by atoms with E-state index in [1.165, 1.54) is 10.5 Å². The average molecular weight is 421 g/mol. The first-order valence-corrected chi connectivity index (χ1v) is 11.1. The maximum absolute atomic E-state index is 12.8. The smallest absolute Gasteiger partial charge is 0.234 e. The molecule has 0 spiro atoms. The van der Waals surface area contributed by atoms with Gasteiger partial charge in [-0.25, -0.2) is 0 Å². The second-order valence-corrected chi connectivity index (χ2v) is 8.08. The average Bonchev–Trinajstić information content (AvgIpc) is 2.78. The van der Waals surface area contributed by atoms with Crippen LogP contribution in [0, 0.1) is 0 Å². The highest BCUT2D eigenvalue weighted by Gasteiger charge is 2.18. The second kappa shape index (κ2) is 10.9. The van der Waals surface area contributed by atoms with Crippen molar-refractivity contribution in [3.8, 4) is 5.75 Å². The van der Waals surface area contributed by atoms with Crippen molar-refractivity contribution < 1.29 is 9.53 Å². The third-order valence-electron chi connectivity index (χ3n) is 4.91. The monoisotopic (exact) mass is 420 g/mol. The van der Waals surface area contributed by atoms with Gasteiger partial charge in [-0.1, -0.05) is 54.6 Å². The first-order valence-electron chi connectivity index (χ1n) is 9.89. The molecule has 5 heteroatoms. The molecule has 0 radical (unpaired) electrons. The molecular formula is C25H28N2O2S. The summed E-state index contributed by atoms with van der Waals surface area (Å²) >= 11 is 1.73. The van der Waals surface area contributed by atoms with Crippen molar-refractivity contribution >= 4 is 17.7 Å². The molecule has 0 aromatic heterocycles. The van der Waals surface area contributed by atoms with E-state index < -0.39 is 0 Å². The first-order chi connectivity index (χ1) is 14.6. The molecule has 1 atom stereocenters. The number of benzene rings is 3. The summed E-state index contributed by atoms with van der Waals surface area (Å²) in [6, 6.07) is 26.1. The summed E-state index contributed by atoms with van der Waals surface area (Å²) in [6.45, 7) is 1.05. The van der Waals surface area contributed by atoms with Crippen LogP contribution in [0.4, 0.5) is 0 Å². The van der Waals surface area contributed by atoms with Crippen molar-refractivity contribution in [2.45, 2.75) is 17.5 Å². The summed E-state index contributed by atoms with van der Waals surface area (Å²) in [4.78, 5) is 16.1. The number of nitrogens with zero attached hydrogens (tertiary/aromatic N) is 1. The third-order valence-corrected chi connectivity index (χ3v) is 5.66. The lowest BCUT2D eigenvalue weighted by molar-refractivity contribution is -0.122. The van der Waals surface area contributed by atoms with Crippen LogP contribution in [-0.2, 0) is 11.3 Å². The third kappa shape index (κ3) is 6.12. The van der Waals surface area contributed by atoms with Gasteiger partial charge in [0.2, 0.25) is 5.91 Å². The van der Waals surface area contributed by atoms with Crippen LogP contribution >= 0.6 is 11.8 Å². The highest BCUT2D eigenvalue weighted by molar-refractivity contribution is 7.98. The molecule has 0 aliphatic rings. The van der Waals surface area contributed by atoms with E-state index in [0.29, 0.717) is 6.54 Å². The number of methoxy groups -OCH3 is 1. The van der Waals surface area contributed by atoms with Gasteiger partial charge in [-0.05, 0) is 54.3 Å². The summed E-state index contributed by atoms with van der Waals surface area (Å²) in [5, 5.41) is 3.20. The number of rotatable bonds is 9. The normalized spacial score (nSPS) is 11.9. The largest absolute Gasteiger partial charge is 0.497 e. The fourth-order valence-corrected chi connectivity index (χ4v) is 3.76. The predicted molar refractivity (Wildman–Crippen MR) is 124 cm³/mol. The van der Waals surface area contributed by atoms with Gasteiger partial charge in [0.05, 0.1) is 19.7 Å². The minimum atomic E-state index is -0.209. The molecule has 156 valence electrons. The number of likely N-dealkylation sites (N-methyl/N-ethyl adjacent to an activating group) is 1. The summed E-state index contributed by atoms with van der Waals surface area (Å²) in [5.74, 6) is 0.784. The second-order valence-electron chi connectivity index (χ2n) is 7.20. The van der Waals surface area contributed by atoms with E-state index in [2.05, 4.69) is 35.8 Å². The van der Waals surface area contributed by atoms with Gasteiger partial charge in [0.1, 0.15) is 5.75 Å². The van der Waals surface area contributed by atoms with Gasteiger partial charge >= 0.3 is 0 Å². The molecule has 0 heterocycles. The van der Waals surface area contributed by atoms with Crippen LogP contribution in [0.3, 0.4) is 0 Å². The van der Waals surface area contributed by atoms with Crippen molar-refractivity contribution in [3.05, 3.63) is 95.6 Å². The highest BCUT2D eigenvalue weighted by atomic mass is 32.2. The molecule has 0 unspecified atom stereocenters. The molecule has 30 heavy (non-hydrogen) atoms. The Morgan fingerprint density at radius 2 is 1.60 bits per heavy atom. The van der Waals surface area contributed by atoms with E-state index in [1.54, 1.807) is 18.9 Å². The number of hydrogen-bond donors (Lipinski definition) is 1. The van der Waals surface area contributed by atoms with Crippen molar-refractivity contribution in [1.82, 2.24) is 10.2 Å². The quantitative estimate of drug-likeness (QED) is 0.507. The Morgan fingerprint density at radius 3 is 2.20 bits per heavy atom. The molecule has 0 bridgehead atoms. The van der Waals surface area contributed by atoms with Gasteiger partial charge in [-0.15, -0.1) is 11.8 Å². The summed E-state index contributed by atoms with van der Waals surface area (Å²) < 4.78 is 5.26. The topological polar surface area (TPSA) is 41.6 Å². The van der Waals surface area contributed by atoms with Crippen LogP contribution in [0.5, 0.6) is 5.75 Å². The molecule has 0 aliphatic heterocycles. The zero-order valence-electron chi connectivity index (χ0n) is 17.7. The number of ether oxygens (including phenoxy) is 1. The van der Waals surface area contributed by atoms with Crippen molar-refractivity contribution in [1.29, 1.82) is 0 Å². The van der Waals surface area contributed by atoms with E-state index >= 15 is 0 Å². The highest BCUT2D eigenvalue weighted by Crippen LogP contribution is 2.24. The molecule has 3 rings (SSSR count). The van der Waals surface area contributed by atoms with Crippen molar-refractivity contribution in [3.63, 3.8) is 0 Å². The van der Waals surface area contributed by atoms with Gasteiger partial charge in [-0.3, -0.25) is 9.69 Å². The van der Waals surface area contributed by atoms with Gasteiger partial charge in [0, 0.05) is 11.4 Å². The number of nitrogens with one attached hydrogen (secondary N) is 1. The Labute approximate surface area is 183 Å². The number of carbonyl (C=O) groups excluding carboxylic acids is 1. The lowest BCUT2D eigenvalue weighted by Crippen LogP contribution is -2.37. The van der Waals surface area contributed by atoms with Gasteiger partial charge in [0.15, 0.2) is 0 Å². The Morgan fingerprint density at radius 1 is 0.967 bits per heavy atom. The van der Waals surface area contributed by atoms with Gasteiger partial charge < -0.3 is 10.1 Å². The molecule has 3 aromatic rings. The van der Waals surface area contributed by atoms with Gasteiger partial charge in [-0.2, -0.15) is 0 Å². The zero-order valence-corrected chi connectivity index (χ0v) is 18.5. The Balaban J connectivity index is 1.67. The molecular weight excluding hydrogens is 392 g/mol. The molecule has 0 saturated heterocycles. The molecule has 4 nitrogen and oxygen atoms in total. The van der Waals surface area contributed by atoms with E-state index in [-0.39, 0.29) is 11.9 Å². The number of carbonyl (C=O) groups is 1. The fraction of sp³-hybridized carbons (Fsp3) is 0.240. The maximum atomic E-state index is 12.8. The standard InChI is InChI=1S/C25H28N2O2S/c1-27(17-19-9-15-23(30-3)16-10-19)18-24(28)26-25(20-7-5-4-6-8-20)21-11-13-22(29-2)14-12-21/h4-16,25H,17-18H2,1-3H3,(H,26,28)/t25-/m1/s1. The molecule has 1 N–H and O–H groups in total. The molecule has 3 aromatic carbocycles. The lowest BCUT2D eigenvalue weighted by Gasteiger charge is -2.22. The lowest BCUT2D eigenvalue weighted by atomic mass is 9.98. The number of hydrogen-bond acceptors (Lipinski definition) is 4. The van der Waals surface area contributed by atoms with Crippen LogP contribution < -0.4 is 10.1 Å². The summed E-state index contributed by atoms with van der Waals surface area (Å²) in [5.41, 5.74) is 3.26. The maximum Gasteiger partial charge on any atom is 0.234 e. The predicted octanol–water partition coefficient (Wildman–Crippen LogP) is 4.75. The van der Waals surface area contributed by atoms with E-state index in [9.17, 15) is 4.79 Å². The van der Waals surface area contributed by atoms with Crippen LogP contribution in [0.1, 0.15) is 22.7 Å². The van der Waals surface area contributed by atoms with Crippen LogP contribution in [0.2, 0.25) is 0 Å². The van der Waals surface area contributed by atoms with Crippen LogP contribution in [0.25, 0.3) is 0 Å².